The number of methoxy groups -OCH3 is 1. The molecule has 2 N–H and O–H groups in total. The van der Waals surface area contributed by atoms with Crippen LogP contribution in [0.4, 0.5) is 5.82 Å². The number of thiophene rings is 1. The molecular weight excluding hydrogens is 800 g/mol. The number of amides is 4. The summed E-state index contributed by atoms with van der Waals surface area (Å²) in [7, 11) is 3.11. The monoisotopic (exact) mass is 834 g/mol. The van der Waals surface area contributed by atoms with Gasteiger partial charge in [0.25, 0.3) is 0 Å². The van der Waals surface area contributed by atoms with E-state index < -0.39 is 52.8 Å². The van der Waals surface area contributed by atoms with Crippen LogP contribution in [0.25, 0.3) is 20.7 Å². The quantitative estimate of drug-likeness (QED) is 0.143. The number of anilines is 1. The van der Waals surface area contributed by atoms with Gasteiger partial charge in [-0.2, -0.15) is 5.10 Å². The first-order chi connectivity index (χ1) is 25.7. The number of halogens is 2. The Hall–Kier alpha value is -4.53. The van der Waals surface area contributed by atoms with Crippen molar-refractivity contribution in [2.75, 3.05) is 18.6 Å². The number of hydrogen-bond donors (Lipinski definition) is 2. The number of carbonyl (C=O) groups excluding carboxylic acids is 4. The average Bonchev–Trinajstić information content (AvgIpc) is 3.80. The van der Waals surface area contributed by atoms with Gasteiger partial charge in [-0.05, 0) is 102 Å². The Balaban J connectivity index is 1.23. The van der Waals surface area contributed by atoms with Crippen LogP contribution in [0.1, 0.15) is 49.7 Å². The Morgan fingerprint density at radius 1 is 1.11 bits per heavy atom. The molecule has 2 aliphatic heterocycles. The maximum absolute atomic E-state index is 15.1. The zero-order valence-electron chi connectivity index (χ0n) is 29.8. The van der Waals surface area contributed by atoms with Crippen LogP contribution in [-0.2, 0) is 31.0 Å². The predicted octanol–water partition coefficient (Wildman–Crippen LogP) is 6.84. The van der Waals surface area contributed by atoms with Gasteiger partial charge >= 0.3 is 5.97 Å². The predicted molar refractivity (Wildman–Crippen MR) is 204 cm³/mol. The van der Waals surface area contributed by atoms with E-state index in [1.54, 1.807) is 43.5 Å². The minimum absolute atomic E-state index is 0.00790. The number of aliphatic carboxylic acids is 1. The highest BCUT2D eigenvalue weighted by atomic mass is 79.9. The van der Waals surface area contributed by atoms with E-state index in [2.05, 4.69) is 15.9 Å². The molecule has 4 heterocycles. The molecule has 0 bridgehead atoms. The standard InChI is InChI=1S/C39H36BrClN4O8S/c1-17-22-14-19(41)7-10-28(22)54-34(17)26-16-29(43(3)42-26)45-36(50)24-15-23-20(8-9-21-31(23)37(51)44(35(21)49)11-5-6-30(46)47)32(39(24,2)38(45)52)18-12-25(40)33(48)27(13-18)53-4/h7-8,10,12-14,16,21,23-24,31-32,48H,5-6,9,11,15H2,1-4H3,(H,46,47)/t21-,23+,24-,31-,32-,39+/m0/s1. The van der Waals surface area contributed by atoms with Gasteiger partial charge in [0, 0.05) is 41.7 Å². The molecule has 12 nitrogen and oxygen atoms in total. The number of aryl methyl sites for hydroxylation is 2. The molecule has 2 saturated heterocycles. The second-order valence-corrected chi connectivity index (χ2v) is 17.1. The zero-order chi connectivity index (χ0) is 38.5. The van der Waals surface area contributed by atoms with Crippen LogP contribution in [0, 0.1) is 36.0 Å². The number of carboxylic acids is 1. The fourth-order valence-electron chi connectivity index (χ4n) is 9.42. The summed E-state index contributed by atoms with van der Waals surface area (Å²) in [5.41, 5.74) is 1.61. The zero-order valence-corrected chi connectivity index (χ0v) is 32.9. The molecule has 1 saturated carbocycles. The number of fused-ring (bicyclic) bond motifs is 5. The molecule has 0 spiro atoms. The Bertz CT molecular complexity index is 2370. The van der Waals surface area contributed by atoms with Crippen molar-refractivity contribution in [1.82, 2.24) is 14.7 Å². The molecule has 6 atom stereocenters. The van der Waals surface area contributed by atoms with E-state index in [0.717, 1.165) is 26.1 Å². The molecule has 3 fully saturated rings. The minimum Gasteiger partial charge on any atom is -0.503 e. The van der Waals surface area contributed by atoms with E-state index in [1.807, 2.05) is 31.2 Å². The minimum atomic E-state index is -1.34. The SMILES string of the molecule is COc1cc([C@H]2C3=CC[C@@H]4C(=O)N(CCCC(=O)O)C(=O)[C@@H]4[C@@H]3C[C@H]3C(=O)N(c4cc(-c5sc6ccc(Cl)cc6c5C)nn4C)C(=O)[C@@]23C)cc(Br)c1O. The normalized spacial score (nSPS) is 26.3. The average molecular weight is 836 g/mol. The number of benzene rings is 2. The number of hydrogen-bond acceptors (Lipinski definition) is 9. The molecule has 2 aliphatic carbocycles. The maximum atomic E-state index is 15.1. The molecule has 4 aromatic rings. The van der Waals surface area contributed by atoms with Crippen LogP contribution in [0.2, 0.25) is 5.02 Å². The van der Waals surface area contributed by atoms with Crippen molar-refractivity contribution in [3.63, 3.8) is 0 Å². The van der Waals surface area contributed by atoms with Gasteiger partial charge in [-0.3, -0.25) is 33.6 Å². The number of carbonyl (C=O) groups is 5. The molecule has 2 aromatic carbocycles. The van der Waals surface area contributed by atoms with Crippen molar-refractivity contribution in [1.29, 1.82) is 0 Å². The van der Waals surface area contributed by atoms with Crippen molar-refractivity contribution in [3.05, 3.63) is 68.7 Å². The van der Waals surface area contributed by atoms with Crippen LogP contribution in [0.15, 0.2) is 52.5 Å². The summed E-state index contributed by atoms with van der Waals surface area (Å²) in [4.78, 5) is 72.2. The fourth-order valence-corrected chi connectivity index (χ4v) is 11.2. The Morgan fingerprint density at radius 3 is 2.59 bits per heavy atom. The highest BCUT2D eigenvalue weighted by Gasteiger charge is 2.68. The third kappa shape index (κ3) is 5.27. The van der Waals surface area contributed by atoms with Crippen LogP contribution in [-0.4, -0.2) is 68.1 Å². The summed E-state index contributed by atoms with van der Waals surface area (Å²) in [6.45, 7) is 3.77. The van der Waals surface area contributed by atoms with E-state index in [0.29, 0.717) is 26.6 Å². The summed E-state index contributed by atoms with van der Waals surface area (Å²) < 4.78 is 8.41. The van der Waals surface area contributed by atoms with Gasteiger partial charge in [0.2, 0.25) is 23.6 Å². The van der Waals surface area contributed by atoms with E-state index >= 15 is 4.79 Å². The first-order valence-electron chi connectivity index (χ1n) is 17.6. The number of carboxylic acid groups (broad SMARTS) is 1. The maximum Gasteiger partial charge on any atom is 0.303 e. The number of aromatic nitrogens is 2. The third-order valence-electron chi connectivity index (χ3n) is 12.0. The van der Waals surface area contributed by atoms with Gasteiger partial charge in [0.15, 0.2) is 11.5 Å². The summed E-state index contributed by atoms with van der Waals surface area (Å²) in [6, 6.07) is 10.8. The molecule has 54 heavy (non-hydrogen) atoms. The number of likely N-dealkylation sites (tertiary alicyclic amines) is 1. The molecule has 2 aromatic heterocycles. The van der Waals surface area contributed by atoms with Gasteiger partial charge in [0.1, 0.15) is 11.5 Å². The summed E-state index contributed by atoms with van der Waals surface area (Å²) in [5, 5.41) is 26.3. The first kappa shape index (κ1) is 36.4. The Labute approximate surface area is 327 Å². The molecule has 8 rings (SSSR count). The van der Waals surface area contributed by atoms with Crippen molar-refractivity contribution in [2.45, 2.75) is 45.4 Å². The van der Waals surface area contributed by atoms with Gasteiger partial charge in [-0.25, -0.2) is 4.90 Å². The summed E-state index contributed by atoms with van der Waals surface area (Å²) in [5.74, 6) is -5.87. The van der Waals surface area contributed by atoms with E-state index in [-0.39, 0.29) is 55.5 Å². The lowest BCUT2D eigenvalue weighted by atomic mass is 9.51. The van der Waals surface area contributed by atoms with Gasteiger partial charge < -0.3 is 14.9 Å². The number of rotatable bonds is 8. The van der Waals surface area contributed by atoms with Gasteiger partial charge in [0.05, 0.1) is 39.6 Å². The summed E-state index contributed by atoms with van der Waals surface area (Å²) >= 11 is 11.3. The van der Waals surface area contributed by atoms with Crippen molar-refractivity contribution >= 4 is 84.4 Å². The van der Waals surface area contributed by atoms with E-state index in [9.17, 15) is 29.4 Å². The Kier molecular flexibility index (Phi) is 8.81. The molecule has 4 aliphatic rings. The first-order valence-corrected chi connectivity index (χ1v) is 19.6. The van der Waals surface area contributed by atoms with Gasteiger partial charge in [-0.1, -0.05) is 23.3 Å². The summed E-state index contributed by atoms with van der Waals surface area (Å²) in [6.07, 6.45) is 2.29. The number of nitrogens with zero attached hydrogens (tertiary/aromatic N) is 4. The number of imide groups is 2. The lowest BCUT2D eigenvalue weighted by Gasteiger charge is -2.49. The molecule has 0 unspecified atom stereocenters. The topological polar surface area (TPSA) is 159 Å². The third-order valence-corrected chi connectivity index (χ3v) is 14.1. The number of phenolic OH excluding ortho intramolecular Hbond substituents is 1. The highest BCUT2D eigenvalue weighted by Crippen LogP contribution is 2.64. The van der Waals surface area contributed by atoms with Crippen LogP contribution in [0.5, 0.6) is 11.5 Å². The number of allylic oxidation sites excluding steroid dienone is 2. The van der Waals surface area contributed by atoms with Crippen molar-refractivity contribution < 1.29 is 38.9 Å². The van der Waals surface area contributed by atoms with E-state index in [1.165, 1.54) is 21.6 Å². The van der Waals surface area contributed by atoms with Gasteiger partial charge in [-0.15, -0.1) is 11.3 Å². The fraction of sp³-hybridized carbons (Fsp3) is 0.385. The van der Waals surface area contributed by atoms with Crippen LogP contribution >= 0.6 is 38.9 Å². The smallest absolute Gasteiger partial charge is 0.303 e. The molecular formula is C39H36BrClN4O8S. The second kappa shape index (κ2) is 13.1. The molecule has 15 heteroatoms. The highest BCUT2D eigenvalue weighted by molar-refractivity contribution is 9.10. The molecule has 280 valence electrons. The van der Waals surface area contributed by atoms with Crippen molar-refractivity contribution in [2.24, 2.45) is 36.1 Å². The lowest BCUT2D eigenvalue weighted by Crippen LogP contribution is -2.49. The largest absolute Gasteiger partial charge is 0.503 e. The number of ether oxygens (including phenoxy) is 1. The second-order valence-electron chi connectivity index (χ2n) is 14.7. The van der Waals surface area contributed by atoms with Crippen molar-refractivity contribution in [3.8, 4) is 22.1 Å². The van der Waals surface area contributed by atoms with Crippen LogP contribution < -0.4 is 9.64 Å². The van der Waals surface area contributed by atoms with Crippen LogP contribution in [0.3, 0.4) is 0 Å². The number of aromatic hydroxyl groups is 1. The van der Waals surface area contributed by atoms with E-state index in [4.69, 9.17) is 21.4 Å². The molecule has 0 radical (unpaired) electrons. The lowest BCUT2D eigenvalue weighted by molar-refractivity contribution is -0.142. The molecule has 4 amide bonds. The number of phenols is 1. The Morgan fingerprint density at radius 2 is 1.87 bits per heavy atom.